The van der Waals surface area contributed by atoms with E-state index in [-0.39, 0.29) is 22.2 Å². The van der Waals surface area contributed by atoms with Crippen molar-refractivity contribution in [2.75, 3.05) is 0 Å². The number of hydrogen-bond acceptors (Lipinski definition) is 5. The molecule has 9 nitrogen and oxygen atoms in total. The van der Waals surface area contributed by atoms with Gasteiger partial charge in [-0.2, -0.15) is 0 Å². The second kappa shape index (κ2) is 7.98. The van der Waals surface area contributed by atoms with Crippen molar-refractivity contribution in [2.24, 2.45) is 10.3 Å². The van der Waals surface area contributed by atoms with Gasteiger partial charge in [0.25, 0.3) is 0 Å². The number of rotatable bonds is 7. The van der Waals surface area contributed by atoms with Crippen molar-refractivity contribution in [3.63, 3.8) is 0 Å². The van der Waals surface area contributed by atoms with Gasteiger partial charge in [-0.05, 0) is 0 Å². The monoisotopic (exact) mass is 409 g/mol. The first-order valence-corrected chi connectivity index (χ1v) is 10.5. The van der Waals surface area contributed by atoms with E-state index in [9.17, 15) is 26.9 Å². The van der Waals surface area contributed by atoms with Crippen molar-refractivity contribution in [1.82, 2.24) is 5.43 Å². The van der Waals surface area contributed by atoms with Gasteiger partial charge >= 0.3 is 145 Å². The van der Waals surface area contributed by atoms with Crippen molar-refractivity contribution in [2.45, 2.75) is 12.5 Å². The van der Waals surface area contributed by atoms with Crippen molar-refractivity contribution < 1.29 is 26.9 Å². The molecule has 0 amide bonds. The molecule has 0 fully saturated rings. The molecule has 25 heavy (non-hydrogen) atoms. The van der Waals surface area contributed by atoms with E-state index in [0.29, 0.717) is 5.56 Å². The second-order valence-electron chi connectivity index (χ2n) is 5.12. The summed E-state index contributed by atoms with van der Waals surface area (Å²) in [5, 5.41) is 25.7. The Morgan fingerprint density at radius 1 is 1.12 bits per heavy atom. The number of nitrogens with zero attached hydrogens (tertiary/aromatic N) is 2. The minimum atomic E-state index is -5.17. The normalized spacial score (nSPS) is 12.9. The van der Waals surface area contributed by atoms with Crippen molar-refractivity contribution in [3.05, 3.63) is 54.1 Å². The predicted molar refractivity (Wildman–Crippen MR) is 87.8 cm³/mol. The molecule has 2 aromatic carbocycles. The van der Waals surface area contributed by atoms with Gasteiger partial charge in [-0.1, -0.05) is 0 Å². The summed E-state index contributed by atoms with van der Waals surface area (Å²) in [7, 11) is 0. The summed E-state index contributed by atoms with van der Waals surface area (Å²) in [5.41, 5.74) is 2.99. The maximum absolute atomic E-state index is 11.4. The van der Waals surface area contributed by atoms with Crippen LogP contribution in [0.5, 0.6) is 5.75 Å². The number of phenolic OH excluding ortho intramolecular Hbond substituents is 1. The molecule has 0 aliphatic rings. The van der Waals surface area contributed by atoms with E-state index in [1.807, 2.05) is 0 Å². The van der Waals surface area contributed by atoms with E-state index in [0.717, 1.165) is 0 Å². The molecule has 1 atom stereocenters. The fraction of sp³-hybridized carbons (Fsp3) is 0.133. The Hall–Kier alpha value is -2.61. The molecule has 0 aliphatic heterocycles. The molecule has 0 bridgehead atoms. The zero-order valence-corrected chi connectivity index (χ0v) is 14.7. The van der Waals surface area contributed by atoms with Crippen LogP contribution in [0.25, 0.3) is 0 Å². The Bertz CT molecular complexity index is 818. The van der Waals surface area contributed by atoms with E-state index in [4.69, 9.17) is 0 Å². The standard InChI is InChI=1S/C15H16AsN3O6/c20-11-7-5-10(6-8-11)9-14(15(21)22)18-19-17-13-4-2-1-3-12(13)16(23,24)25/h1-8,14,20H,9H2,(H,17,18)(H,21,22)(H2,23,24,25)/t14-/m0/s1. The molecule has 2 aromatic rings. The molecular weight excluding hydrogens is 393 g/mol. The third-order valence-corrected chi connectivity index (χ3v) is 5.35. The zero-order chi connectivity index (χ0) is 18.4. The third-order valence-electron chi connectivity index (χ3n) is 3.24. The number of nitrogens with one attached hydrogen (secondary N) is 1. The fourth-order valence-corrected chi connectivity index (χ4v) is 3.47. The van der Waals surface area contributed by atoms with Crippen LogP contribution in [0, 0.1) is 0 Å². The molecule has 10 heteroatoms. The quantitative estimate of drug-likeness (QED) is 0.250. The van der Waals surface area contributed by atoms with Crippen LogP contribution in [0.3, 0.4) is 0 Å². The average molecular weight is 409 g/mol. The van der Waals surface area contributed by atoms with Crippen molar-refractivity contribution in [3.8, 4) is 5.75 Å². The van der Waals surface area contributed by atoms with Crippen LogP contribution < -0.4 is 9.78 Å². The summed E-state index contributed by atoms with van der Waals surface area (Å²) in [5.74, 6) is -1.10. The number of carboxylic acids is 1. The second-order valence-corrected chi connectivity index (χ2v) is 8.42. The maximum atomic E-state index is 11.4. The van der Waals surface area contributed by atoms with Gasteiger partial charge in [0, 0.05) is 0 Å². The zero-order valence-electron chi connectivity index (χ0n) is 12.9. The first-order chi connectivity index (χ1) is 11.8. The number of aromatic hydroxyl groups is 1. The minimum absolute atomic E-state index is 0.0312. The molecule has 0 unspecified atom stereocenters. The van der Waals surface area contributed by atoms with Gasteiger partial charge in [-0.25, -0.2) is 0 Å². The molecule has 0 saturated carbocycles. The first-order valence-electron chi connectivity index (χ1n) is 7.09. The Kier molecular flexibility index (Phi) is 5.97. The summed E-state index contributed by atoms with van der Waals surface area (Å²) in [6.45, 7) is 0. The van der Waals surface area contributed by atoms with Crippen molar-refractivity contribution in [1.29, 1.82) is 0 Å². The molecule has 2 rings (SSSR count). The Labute approximate surface area is 145 Å². The summed E-state index contributed by atoms with van der Waals surface area (Å²) >= 11 is -5.17. The van der Waals surface area contributed by atoms with Crippen LogP contribution in [0.2, 0.25) is 0 Å². The van der Waals surface area contributed by atoms with E-state index in [1.165, 1.54) is 36.4 Å². The van der Waals surface area contributed by atoms with E-state index in [2.05, 4.69) is 15.8 Å². The summed E-state index contributed by atoms with van der Waals surface area (Å²) in [4.78, 5) is 11.3. The van der Waals surface area contributed by atoms with Gasteiger partial charge in [-0.3, -0.25) is 0 Å². The first kappa shape index (κ1) is 18.7. The van der Waals surface area contributed by atoms with Gasteiger partial charge in [0.2, 0.25) is 0 Å². The molecule has 0 spiro atoms. The van der Waals surface area contributed by atoms with Gasteiger partial charge in [0.1, 0.15) is 0 Å². The molecule has 0 aromatic heterocycles. The molecular formula is C15H16AsN3O6. The number of phenols is 1. The SMILES string of the molecule is O=C(O)[C@H](Cc1ccc(O)cc1)NN=Nc1ccccc1[As](=O)(O)O. The molecule has 132 valence electrons. The van der Waals surface area contributed by atoms with E-state index >= 15 is 0 Å². The number of carbonyl (C=O) groups is 1. The Morgan fingerprint density at radius 3 is 2.36 bits per heavy atom. The summed E-state index contributed by atoms with van der Waals surface area (Å²) < 4.78 is 29.8. The average Bonchev–Trinajstić information content (AvgIpc) is 2.55. The Morgan fingerprint density at radius 2 is 1.76 bits per heavy atom. The molecule has 0 aliphatic carbocycles. The molecule has 0 saturated heterocycles. The van der Waals surface area contributed by atoms with Gasteiger partial charge in [0.05, 0.1) is 0 Å². The van der Waals surface area contributed by atoms with Crippen molar-refractivity contribution >= 4 is 30.2 Å². The van der Waals surface area contributed by atoms with E-state index < -0.39 is 26.2 Å². The number of benzene rings is 2. The predicted octanol–water partition coefficient (Wildman–Crippen LogP) is 0.237. The van der Waals surface area contributed by atoms with Gasteiger partial charge < -0.3 is 0 Å². The number of hydrogen-bond donors (Lipinski definition) is 5. The summed E-state index contributed by atoms with van der Waals surface area (Å²) in [6.07, 6.45) is 0.0819. The topological polar surface area (TPSA) is 152 Å². The Balaban J connectivity index is 2.11. The van der Waals surface area contributed by atoms with Crippen LogP contribution in [-0.2, 0) is 15.0 Å². The fourth-order valence-electron chi connectivity index (χ4n) is 2.00. The van der Waals surface area contributed by atoms with Gasteiger partial charge in [-0.15, -0.1) is 0 Å². The third kappa shape index (κ3) is 5.46. The molecule has 0 heterocycles. The van der Waals surface area contributed by atoms with Crippen LogP contribution in [-0.4, -0.2) is 44.6 Å². The van der Waals surface area contributed by atoms with Gasteiger partial charge in [0.15, 0.2) is 0 Å². The number of aliphatic carboxylic acids is 1. The molecule has 0 radical (unpaired) electrons. The van der Waals surface area contributed by atoms with Crippen LogP contribution in [0.15, 0.2) is 58.9 Å². The number of carboxylic acid groups (broad SMARTS) is 1. The van der Waals surface area contributed by atoms with Crippen LogP contribution in [0.1, 0.15) is 5.56 Å². The van der Waals surface area contributed by atoms with Crippen LogP contribution in [0.4, 0.5) is 5.69 Å². The van der Waals surface area contributed by atoms with Crippen LogP contribution >= 0.6 is 0 Å². The molecule has 5 N–H and O–H groups in total. The van der Waals surface area contributed by atoms with E-state index in [1.54, 1.807) is 12.1 Å². The summed E-state index contributed by atoms with van der Waals surface area (Å²) in [6, 6.07) is 10.6.